The van der Waals surface area contributed by atoms with Gasteiger partial charge in [-0.3, -0.25) is 9.59 Å². The van der Waals surface area contributed by atoms with Crippen LogP contribution in [0.1, 0.15) is 57.8 Å². The Morgan fingerprint density at radius 3 is 2.32 bits per heavy atom. The molecule has 2 amide bonds. The van der Waals surface area contributed by atoms with Gasteiger partial charge in [-0.05, 0) is 37.3 Å². The van der Waals surface area contributed by atoms with E-state index in [0.717, 1.165) is 12.8 Å². The Balaban J connectivity index is 2.45. The zero-order chi connectivity index (χ0) is 20.8. The highest BCUT2D eigenvalue weighted by Gasteiger charge is 2.33. The van der Waals surface area contributed by atoms with Crippen LogP contribution in [0.3, 0.4) is 0 Å². The van der Waals surface area contributed by atoms with Crippen molar-refractivity contribution < 1.29 is 14.3 Å². The minimum Gasteiger partial charge on any atom is -0.490 e. The molecule has 154 valence electrons. The normalized spacial score (nSPS) is 25.7. The van der Waals surface area contributed by atoms with Crippen LogP contribution in [-0.4, -0.2) is 41.9 Å². The molecule has 2 rings (SSSR count). The van der Waals surface area contributed by atoms with Gasteiger partial charge in [0, 0.05) is 19.5 Å². The van der Waals surface area contributed by atoms with Gasteiger partial charge >= 0.3 is 0 Å². The zero-order valence-corrected chi connectivity index (χ0v) is 17.9. The van der Waals surface area contributed by atoms with Gasteiger partial charge in [0.25, 0.3) is 5.91 Å². The van der Waals surface area contributed by atoms with Crippen molar-refractivity contribution >= 4 is 11.8 Å². The molecule has 0 saturated carbocycles. The highest BCUT2D eigenvalue weighted by Crippen LogP contribution is 2.24. The number of rotatable bonds is 2. The van der Waals surface area contributed by atoms with Crippen molar-refractivity contribution in [3.05, 3.63) is 42.0 Å². The van der Waals surface area contributed by atoms with E-state index in [4.69, 9.17) is 4.74 Å². The number of ether oxygens (including phenoxy) is 1. The molecule has 5 nitrogen and oxygen atoms in total. The van der Waals surface area contributed by atoms with Crippen molar-refractivity contribution in [2.24, 2.45) is 11.8 Å². The average Bonchev–Trinajstić information content (AvgIpc) is 2.63. The summed E-state index contributed by atoms with van der Waals surface area (Å²) < 4.78 is 6.06. The summed E-state index contributed by atoms with van der Waals surface area (Å²) in [4.78, 5) is 27.9. The van der Waals surface area contributed by atoms with Crippen molar-refractivity contribution in [3.63, 3.8) is 0 Å². The fourth-order valence-corrected chi connectivity index (χ4v) is 3.55. The molecule has 0 radical (unpaired) electrons. The van der Waals surface area contributed by atoms with Crippen LogP contribution in [-0.2, 0) is 4.79 Å². The molecule has 0 fully saturated rings. The van der Waals surface area contributed by atoms with Crippen LogP contribution >= 0.6 is 0 Å². The Morgan fingerprint density at radius 1 is 1.04 bits per heavy atom. The molecule has 0 saturated heterocycles. The monoisotopic (exact) mass is 386 g/mol. The van der Waals surface area contributed by atoms with Crippen molar-refractivity contribution in [2.75, 3.05) is 7.05 Å². The van der Waals surface area contributed by atoms with Crippen LogP contribution in [0, 0.1) is 11.8 Å². The molecular weight excluding hydrogens is 352 g/mol. The van der Waals surface area contributed by atoms with E-state index in [1.807, 2.05) is 39.0 Å². The second kappa shape index (κ2) is 9.76. The number of para-hydroxylation sites is 1. The molecule has 1 aliphatic heterocycles. The minimum absolute atomic E-state index is 0.0165. The van der Waals surface area contributed by atoms with Crippen LogP contribution in [0.5, 0.6) is 5.75 Å². The van der Waals surface area contributed by atoms with E-state index in [1.54, 1.807) is 18.0 Å². The van der Waals surface area contributed by atoms with Gasteiger partial charge in [0.1, 0.15) is 11.8 Å². The molecule has 0 spiro atoms. The van der Waals surface area contributed by atoms with Gasteiger partial charge < -0.3 is 15.0 Å². The van der Waals surface area contributed by atoms with Crippen molar-refractivity contribution in [2.45, 2.75) is 65.6 Å². The lowest BCUT2D eigenvalue weighted by Gasteiger charge is -2.33. The summed E-state index contributed by atoms with van der Waals surface area (Å²) >= 11 is 0. The molecule has 1 aromatic rings. The maximum atomic E-state index is 13.2. The number of nitrogens with one attached hydrogen (secondary N) is 1. The number of likely N-dealkylation sites (N-methyl/N-ethyl adjacent to an activating group) is 1. The highest BCUT2D eigenvalue weighted by molar-refractivity contribution is 5.99. The van der Waals surface area contributed by atoms with Crippen LogP contribution < -0.4 is 10.1 Å². The van der Waals surface area contributed by atoms with Gasteiger partial charge in [-0.25, -0.2) is 0 Å². The summed E-state index contributed by atoms with van der Waals surface area (Å²) in [6.45, 7) is 10.1. The molecule has 1 aliphatic rings. The fraction of sp³-hybridized carbons (Fsp3) is 0.565. The van der Waals surface area contributed by atoms with Crippen LogP contribution in [0.4, 0.5) is 0 Å². The van der Waals surface area contributed by atoms with Crippen molar-refractivity contribution in [1.29, 1.82) is 0 Å². The molecule has 1 heterocycles. The summed E-state index contributed by atoms with van der Waals surface area (Å²) in [5.41, 5.74) is 0.483. The van der Waals surface area contributed by atoms with Gasteiger partial charge in [-0.1, -0.05) is 52.0 Å². The van der Waals surface area contributed by atoms with Crippen LogP contribution in [0.2, 0.25) is 0 Å². The van der Waals surface area contributed by atoms with E-state index in [2.05, 4.69) is 31.3 Å². The van der Waals surface area contributed by atoms with E-state index in [-0.39, 0.29) is 29.9 Å². The van der Waals surface area contributed by atoms with Crippen molar-refractivity contribution in [1.82, 2.24) is 10.2 Å². The first-order chi connectivity index (χ1) is 13.2. The molecule has 0 bridgehead atoms. The number of carbonyl (C=O) groups excluding carboxylic acids is 2. The lowest BCUT2D eigenvalue weighted by atomic mass is 9.96. The van der Waals surface area contributed by atoms with E-state index < -0.39 is 6.04 Å². The fourth-order valence-electron chi connectivity index (χ4n) is 3.55. The third-order valence-corrected chi connectivity index (χ3v) is 5.24. The summed E-state index contributed by atoms with van der Waals surface area (Å²) in [5, 5.41) is 3.17. The Morgan fingerprint density at radius 2 is 1.68 bits per heavy atom. The first-order valence-electron chi connectivity index (χ1n) is 10.2. The average molecular weight is 387 g/mol. The van der Waals surface area contributed by atoms with Crippen LogP contribution in [0.15, 0.2) is 36.4 Å². The second-order valence-corrected chi connectivity index (χ2v) is 8.33. The third kappa shape index (κ3) is 5.37. The number of benzene rings is 1. The van der Waals surface area contributed by atoms with Gasteiger partial charge in [0.15, 0.2) is 0 Å². The van der Waals surface area contributed by atoms with Gasteiger partial charge in [-0.15, -0.1) is 0 Å². The molecule has 1 aromatic carbocycles. The summed E-state index contributed by atoms with van der Waals surface area (Å²) in [5.74, 6) is 0.523. The molecule has 0 unspecified atom stereocenters. The quantitative estimate of drug-likeness (QED) is 0.781. The SMILES string of the molecule is CC(C)[C@@H]1C/C=C\C[C@@H](C)Oc2ccccc2C(=O)N(C)[C@H](C(C)C)C(=O)N1. The number of amides is 2. The molecule has 3 atom stereocenters. The predicted molar refractivity (Wildman–Crippen MR) is 112 cm³/mol. The van der Waals surface area contributed by atoms with Crippen molar-refractivity contribution in [3.8, 4) is 5.75 Å². The first kappa shape index (κ1) is 22.0. The Labute approximate surface area is 169 Å². The third-order valence-electron chi connectivity index (χ3n) is 5.24. The Kier molecular flexibility index (Phi) is 7.67. The zero-order valence-electron chi connectivity index (χ0n) is 17.9. The largest absolute Gasteiger partial charge is 0.490 e. The first-order valence-corrected chi connectivity index (χ1v) is 10.2. The Bertz CT molecular complexity index is 712. The van der Waals surface area contributed by atoms with Gasteiger partial charge in [-0.2, -0.15) is 0 Å². The summed E-state index contributed by atoms with van der Waals surface area (Å²) in [7, 11) is 1.70. The van der Waals surface area contributed by atoms with Gasteiger partial charge in [0.05, 0.1) is 11.7 Å². The van der Waals surface area contributed by atoms with E-state index in [0.29, 0.717) is 17.2 Å². The lowest BCUT2D eigenvalue weighted by Crippen LogP contribution is -2.53. The molecule has 28 heavy (non-hydrogen) atoms. The number of nitrogens with zero attached hydrogens (tertiary/aromatic N) is 1. The molecular formula is C23H34N2O3. The number of fused-ring (bicyclic) bond motifs is 1. The van der Waals surface area contributed by atoms with Gasteiger partial charge in [0.2, 0.25) is 5.91 Å². The van der Waals surface area contributed by atoms with E-state index in [9.17, 15) is 9.59 Å². The smallest absolute Gasteiger partial charge is 0.258 e. The second-order valence-electron chi connectivity index (χ2n) is 8.33. The molecule has 0 aliphatic carbocycles. The summed E-state index contributed by atoms with van der Waals surface area (Å²) in [6, 6.07) is 6.73. The topological polar surface area (TPSA) is 58.6 Å². The highest BCUT2D eigenvalue weighted by atomic mass is 16.5. The summed E-state index contributed by atoms with van der Waals surface area (Å²) in [6.07, 6.45) is 5.66. The predicted octanol–water partition coefficient (Wildman–Crippen LogP) is 4.04. The Hall–Kier alpha value is -2.30. The van der Waals surface area contributed by atoms with E-state index >= 15 is 0 Å². The lowest BCUT2D eigenvalue weighted by molar-refractivity contribution is -0.127. The minimum atomic E-state index is -0.550. The molecule has 1 N–H and O–H groups in total. The molecule has 0 aromatic heterocycles. The van der Waals surface area contributed by atoms with E-state index in [1.165, 1.54) is 0 Å². The number of hydrogen-bond acceptors (Lipinski definition) is 3. The maximum Gasteiger partial charge on any atom is 0.258 e. The molecule has 5 heteroatoms. The van der Waals surface area contributed by atoms with Crippen LogP contribution in [0.25, 0.3) is 0 Å². The maximum absolute atomic E-state index is 13.2. The number of carbonyl (C=O) groups is 2. The number of hydrogen-bond donors (Lipinski definition) is 1. The standard InChI is InChI=1S/C23H34N2O3/c1-15(2)19-13-9-7-11-17(5)28-20-14-10-8-12-18(20)23(27)25(6)21(16(3)4)22(26)24-19/h7-10,12,14-17,19,21H,11,13H2,1-6H3,(H,24,26)/b9-7-/t17-,19+,21-/m1/s1.